The van der Waals surface area contributed by atoms with Crippen molar-refractivity contribution in [2.75, 3.05) is 38.1 Å². The van der Waals surface area contributed by atoms with Gasteiger partial charge in [-0.3, -0.25) is 0 Å². The second-order valence-corrected chi connectivity index (χ2v) is 4.83. The fourth-order valence-corrected chi connectivity index (χ4v) is 2.33. The van der Waals surface area contributed by atoms with Gasteiger partial charge in [-0.25, -0.2) is 4.98 Å². The molecule has 0 radical (unpaired) electrons. The molecule has 0 aromatic carbocycles. The second-order valence-electron chi connectivity index (χ2n) is 4.83. The van der Waals surface area contributed by atoms with Crippen LogP contribution in [0.5, 0.6) is 0 Å². The molecule has 1 fully saturated rings. The Morgan fingerprint density at radius 2 is 2.12 bits per heavy atom. The first-order valence-electron chi connectivity index (χ1n) is 6.30. The molecule has 0 bridgehead atoms. The third kappa shape index (κ3) is 2.96. The highest BCUT2D eigenvalue weighted by molar-refractivity contribution is 5.47. The van der Waals surface area contributed by atoms with Crippen molar-refractivity contribution in [3.63, 3.8) is 0 Å². The third-order valence-electron chi connectivity index (χ3n) is 3.36. The number of nitrogens with zero attached hydrogens (tertiary/aromatic N) is 3. The topological polar surface area (TPSA) is 45.4 Å². The Morgan fingerprint density at radius 1 is 1.29 bits per heavy atom. The molecule has 1 aromatic heterocycles. The van der Waals surface area contributed by atoms with Gasteiger partial charge in [0.2, 0.25) is 0 Å². The molecule has 0 amide bonds. The molecule has 0 saturated carbocycles. The summed E-state index contributed by atoms with van der Waals surface area (Å²) in [4.78, 5) is 9.33. The molecule has 0 spiro atoms. The minimum atomic E-state index is 0.566. The van der Waals surface area contributed by atoms with Crippen LogP contribution in [0, 0.1) is 6.92 Å². The molecule has 1 saturated heterocycles. The zero-order valence-corrected chi connectivity index (χ0v) is 10.8. The number of rotatable bonds is 2. The maximum atomic E-state index is 5.63. The highest BCUT2D eigenvalue weighted by atomic mass is 15.2. The van der Waals surface area contributed by atoms with E-state index in [1.807, 2.05) is 6.20 Å². The molecule has 17 heavy (non-hydrogen) atoms. The SMILES string of the molecule is Cc1cc(CN)cnc1N1CCCN(C)CC1. The molecule has 2 heterocycles. The predicted octanol–water partition coefficient (Wildman–Crippen LogP) is 0.991. The Bertz CT molecular complexity index is 378. The van der Waals surface area contributed by atoms with E-state index in [4.69, 9.17) is 5.73 Å². The Kier molecular flexibility index (Phi) is 3.97. The minimum absolute atomic E-state index is 0.566. The molecule has 1 aliphatic rings. The van der Waals surface area contributed by atoms with Gasteiger partial charge in [-0.1, -0.05) is 0 Å². The first kappa shape index (κ1) is 12.3. The third-order valence-corrected chi connectivity index (χ3v) is 3.36. The molecule has 0 unspecified atom stereocenters. The summed E-state index contributed by atoms with van der Waals surface area (Å²) in [6, 6.07) is 2.15. The van der Waals surface area contributed by atoms with Gasteiger partial charge in [-0.2, -0.15) is 0 Å². The first-order chi connectivity index (χ1) is 8.20. The van der Waals surface area contributed by atoms with Crippen LogP contribution in [0.3, 0.4) is 0 Å². The van der Waals surface area contributed by atoms with Crippen molar-refractivity contribution >= 4 is 5.82 Å². The first-order valence-corrected chi connectivity index (χ1v) is 6.30. The van der Waals surface area contributed by atoms with Crippen LogP contribution in [0.25, 0.3) is 0 Å². The van der Waals surface area contributed by atoms with Crippen molar-refractivity contribution in [1.82, 2.24) is 9.88 Å². The maximum Gasteiger partial charge on any atom is 0.131 e. The molecule has 0 aliphatic carbocycles. The van der Waals surface area contributed by atoms with E-state index in [0.717, 1.165) is 31.0 Å². The average Bonchev–Trinajstić information content (AvgIpc) is 2.54. The molecule has 2 N–H and O–H groups in total. The van der Waals surface area contributed by atoms with Gasteiger partial charge < -0.3 is 15.5 Å². The molecule has 1 aliphatic heterocycles. The van der Waals surface area contributed by atoms with Crippen LogP contribution < -0.4 is 10.6 Å². The summed E-state index contributed by atoms with van der Waals surface area (Å²) in [5, 5.41) is 0. The zero-order chi connectivity index (χ0) is 12.3. The average molecular weight is 234 g/mol. The summed E-state index contributed by atoms with van der Waals surface area (Å²) in [5.41, 5.74) is 7.97. The number of aromatic nitrogens is 1. The van der Waals surface area contributed by atoms with Crippen LogP contribution >= 0.6 is 0 Å². The number of anilines is 1. The summed E-state index contributed by atoms with van der Waals surface area (Å²) >= 11 is 0. The molecule has 1 aromatic rings. The van der Waals surface area contributed by atoms with E-state index < -0.39 is 0 Å². The zero-order valence-electron chi connectivity index (χ0n) is 10.8. The van der Waals surface area contributed by atoms with Crippen LogP contribution in [-0.4, -0.2) is 43.1 Å². The van der Waals surface area contributed by atoms with Crippen LogP contribution in [-0.2, 0) is 6.54 Å². The van der Waals surface area contributed by atoms with Gasteiger partial charge in [0.15, 0.2) is 0 Å². The summed E-state index contributed by atoms with van der Waals surface area (Å²) in [6.07, 6.45) is 3.10. The smallest absolute Gasteiger partial charge is 0.131 e. The molecular formula is C13H22N4. The number of likely N-dealkylation sites (N-methyl/N-ethyl adjacent to an activating group) is 1. The van der Waals surface area contributed by atoms with Crippen LogP contribution in [0.15, 0.2) is 12.3 Å². The summed E-state index contributed by atoms with van der Waals surface area (Å²) in [5.74, 6) is 1.12. The summed E-state index contributed by atoms with van der Waals surface area (Å²) < 4.78 is 0. The summed E-state index contributed by atoms with van der Waals surface area (Å²) in [6.45, 7) is 7.13. The number of nitrogens with two attached hydrogens (primary N) is 1. The lowest BCUT2D eigenvalue weighted by Crippen LogP contribution is -2.30. The molecule has 2 rings (SSSR count). The van der Waals surface area contributed by atoms with E-state index in [1.165, 1.54) is 18.5 Å². The number of aryl methyl sites for hydroxylation is 1. The van der Waals surface area contributed by atoms with Crippen molar-refractivity contribution in [3.8, 4) is 0 Å². The number of pyridine rings is 1. The normalized spacial score (nSPS) is 18.2. The van der Waals surface area contributed by atoms with Gasteiger partial charge in [0.25, 0.3) is 0 Å². The minimum Gasteiger partial charge on any atom is -0.355 e. The lowest BCUT2D eigenvalue weighted by Gasteiger charge is -2.23. The molecule has 4 nitrogen and oxygen atoms in total. The molecule has 4 heteroatoms. The predicted molar refractivity (Wildman–Crippen MR) is 71.2 cm³/mol. The second kappa shape index (κ2) is 5.47. The van der Waals surface area contributed by atoms with Gasteiger partial charge in [-0.15, -0.1) is 0 Å². The number of hydrogen-bond acceptors (Lipinski definition) is 4. The lowest BCUT2D eigenvalue weighted by molar-refractivity contribution is 0.360. The Labute approximate surface area is 103 Å². The molecular weight excluding hydrogens is 212 g/mol. The standard InChI is InChI=1S/C13H22N4/c1-11-8-12(9-14)10-15-13(11)17-5-3-4-16(2)6-7-17/h8,10H,3-7,9,14H2,1-2H3. The van der Waals surface area contributed by atoms with Gasteiger partial charge in [0.05, 0.1) is 0 Å². The van der Waals surface area contributed by atoms with Crippen molar-refractivity contribution in [3.05, 3.63) is 23.4 Å². The van der Waals surface area contributed by atoms with Crippen molar-refractivity contribution in [2.45, 2.75) is 19.9 Å². The molecule has 0 atom stereocenters. The number of hydrogen-bond donors (Lipinski definition) is 1. The van der Waals surface area contributed by atoms with E-state index in [-0.39, 0.29) is 0 Å². The van der Waals surface area contributed by atoms with Gasteiger partial charge in [-0.05, 0) is 44.1 Å². The van der Waals surface area contributed by atoms with E-state index in [2.05, 4.69) is 34.8 Å². The van der Waals surface area contributed by atoms with Gasteiger partial charge in [0, 0.05) is 32.4 Å². The van der Waals surface area contributed by atoms with E-state index in [9.17, 15) is 0 Å². The van der Waals surface area contributed by atoms with Gasteiger partial charge in [0.1, 0.15) is 5.82 Å². The van der Waals surface area contributed by atoms with Crippen molar-refractivity contribution in [2.24, 2.45) is 5.73 Å². The maximum absolute atomic E-state index is 5.63. The van der Waals surface area contributed by atoms with Crippen LogP contribution in [0.1, 0.15) is 17.5 Å². The molecule has 94 valence electrons. The fraction of sp³-hybridized carbons (Fsp3) is 0.615. The van der Waals surface area contributed by atoms with Crippen LogP contribution in [0.2, 0.25) is 0 Å². The van der Waals surface area contributed by atoms with Gasteiger partial charge >= 0.3 is 0 Å². The summed E-state index contributed by atoms with van der Waals surface area (Å²) in [7, 11) is 2.18. The van der Waals surface area contributed by atoms with Crippen LogP contribution in [0.4, 0.5) is 5.82 Å². The fourth-order valence-electron chi connectivity index (χ4n) is 2.33. The highest BCUT2D eigenvalue weighted by Gasteiger charge is 2.15. The monoisotopic (exact) mass is 234 g/mol. The highest BCUT2D eigenvalue weighted by Crippen LogP contribution is 2.19. The van der Waals surface area contributed by atoms with E-state index >= 15 is 0 Å². The largest absolute Gasteiger partial charge is 0.355 e. The Morgan fingerprint density at radius 3 is 2.82 bits per heavy atom. The Balaban J connectivity index is 2.15. The van der Waals surface area contributed by atoms with Crippen molar-refractivity contribution in [1.29, 1.82) is 0 Å². The Hall–Kier alpha value is -1.13. The quantitative estimate of drug-likeness (QED) is 0.829. The van der Waals surface area contributed by atoms with Crippen molar-refractivity contribution < 1.29 is 0 Å². The van der Waals surface area contributed by atoms with E-state index in [1.54, 1.807) is 0 Å². The van der Waals surface area contributed by atoms with E-state index in [0.29, 0.717) is 6.54 Å². The lowest BCUT2D eigenvalue weighted by atomic mass is 10.2.